The minimum atomic E-state index is -3.33. The van der Waals surface area contributed by atoms with Crippen LogP contribution in [0.25, 0.3) is 5.69 Å². The van der Waals surface area contributed by atoms with Crippen LogP contribution in [-0.4, -0.2) is 38.7 Å². The first-order valence-electron chi connectivity index (χ1n) is 7.22. The summed E-state index contributed by atoms with van der Waals surface area (Å²) in [6.07, 6.45) is 8.24. The van der Waals surface area contributed by atoms with Crippen LogP contribution < -0.4 is 10.0 Å². The Balaban J connectivity index is 1.80. The Morgan fingerprint density at radius 1 is 1.17 bits per heavy atom. The molecule has 0 radical (unpaired) electrons. The normalized spacial score (nSPS) is 11.4. The summed E-state index contributed by atoms with van der Waals surface area (Å²) in [5.41, 5.74) is 1.98. The van der Waals surface area contributed by atoms with Gasteiger partial charge in [0, 0.05) is 25.5 Å². The smallest absolute Gasteiger partial charge is 0.232 e. The molecule has 0 aliphatic rings. The van der Waals surface area contributed by atoms with Crippen molar-refractivity contribution in [1.29, 1.82) is 0 Å². The highest BCUT2D eigenvalue weighted by molar-refractivity contribution is 7.92. The zero-order chi connectivity index (χ0) is 17.2. The van der Waals surface area contributed by atoms with E-state index in [1.54, 1.807) is 47.0 Å². The summed E-state index contributed by atoms with van der Waals surface area (Å²) in [6.45, 7) is 1.58. The number of aromatic nitrogens is 5. The first-order chi connectivity index (χ1) is 11.4. The maximum Gasteiger partial charge on any atom is 0.232 e. The first kappa shape index (κ1) is 16.0. The van der Waals surface area contributed by atoms with Gasteiger partial charge in [-0.25, -0.2) is 18.1 Å². The second kappa shape index (κ2) is 6.32. The number of nitrogens with zero attached hydrogens (tertiary/aromatic N) is 5. The summed E-state index contributed by atoms with van der Waals surface area (Å²) in [7, 11) is -1.49. The van der Waals surface area contributed by atoms with Gasteiger partial charge in [0.1, 0.15) is 5.82 Å². The van der Waals surface area contributed by atoms with E-state index in [0.717, 1.165) is 11.4 Å². The molecule has 3 aromatic rings. The van der Waals surface area contributed by atoms with Gasteiger partial charge < -0.3 is 5.32 Å². The van der Waals surface area contributed by atoms with Gasteiger partial charge in [0.15, 0.2) is 0 Å². The monoisotopic (exact) mass is 347 g/mol. The van der Waals surface area contributed by atoms with Gasteiger partial charge in [0.05, 0.1) is 41.4 Å². The van der Waals surface area contributed by atoms with Gasteiger partial charge in [0.25, 0.3) is 0 Å². The lowest BCUT2D eigenvalue weighted by Gasteiger charge is -2.06. The molecule has 0 saturated heterocycles. The Morgan fingerprint density at radius 2 is 1.96 bits per heavy atom. The van der Waals surface area contributed by atoms with E-state index in [0.29, 0.717) is 11.5 Å². The second-order valence-electron chi connectivity index (χ2n) is 5.11. The van der Waals surface area contributed by atoms with Crippen LogP contribution in [0.4, 0.5) is 17.2 Å². The van der Waals surface area contributed by atoms with Crippen molar-refractivity contribution in [2.24, 2.45) is 7.05 Å². The number of nitrogens with one attached hydrogen (secondary N) is 2. The van der Waals surface area contributed by atoms with Crippen molar-refractivity contribution in [3.63, 3.8) is 0 Å². The topological polar surface area (TPSA) is 107 Å². The van der Waals surface area contributed by atoms with Crippen LogP contribution in [0, 0.1) is 0 Å². The van der Waals surface area contributed by atoms with Gasteiger partial charge in [-0.15, -0.1) is 0 Å². The average Bonchev–Trinajstić information content (AvgIpc) is 3.16. The average molecular weight is 347 g/mol. The summed E-state index contributed by atoms with van der Waals surface area (Å²) in [4.78, 5) is 4.25. The van der Waals surface area contributed by atoms with Crippen molar-refractivity contribution in [3.8, 4) is 5.69 Å². The lowest BCUT2D eigenvalue weighted by molar-refractivity contribution is 0.602. The molecule has 24 heavy (non-hydrogen) atoms. The summed E-state index contributed by atoms with van der Waals surface area (Å²) in [6, 6.07) is 3.58. The fourth-order valence-corrected chi connectivity index (χ4v) is 2.64. The van der Waals surface area contributed by atoms with Crippen molar-refractivity contribution in [2.45, 2.75) is 6.92 Å². The van der Waals surface area contributed by atoms with Gasteiger partial charge in [0.2, 0.25) is 10.0 Å². The molecule has 126 valence electrons. The Kier molecular flexibility index (Phi) is 4.21. The van der Waals surface area contributed by atoms with Gasteiger partial charge in [-0.2, -0.15) is 10.2 Å². The van der Waals surface area contributed by atoms with Crippen molar-refractivity contribution in [2.75, 3.05) is 15.8 Å². The first-order valence-corrected chi connectivity index (χ1v) is 8.87. The SMILES string of the molecule is CCS(=O)(=O)Nc1cnn(-c2ccnc(Nc3cnn(C)c3)c2)c1. The second-order valence-corrected chi connectivity index (χ2v) is 7.12. The van der Waals surface area contributed by atoms with Crippen LogP contribution >= 0.6 is 0 Å². The molecule has 0 saturated carbocycles. The van der Waals surface area contributed by atoms with Crippen LogP contribution in [0.3, 0.4) is 0 Å². The van der Waals surface area contributed by atoms with E-state index in [9.17, 15) is 8.42 Å². The molecule has 3 aromatic heterocycles. The Morgan fingerprint density at radius 3 is 2.67 bits per heavy atom. The fourth-order valence-electron chi connectivity index (χ4n) is 2.03. The molecule has 0 aromatic carbocycles. The molecule has 2 N–H and O–H groups in total. The van der Waals surface area contributed by atoms with Crippen LogP contribution in [0.5, 0.6) is 0 Å². The molecule has 0 aliphatic carbocycles. The predicted molar refractivity (Wildman–Crippen MR) is 90.9 cm³/mol. The van der Waals surface area contributed by atoms with E-state index in [1.807, 2.05) is 13.2 Å². The number of pyridine rings is 1. The maximum absolute atomic E-state index is 11.6. The molecule has 3 rings (SSSR count). The van der Waals surface area contributed by atoms with E-state index in [2.05, 4.69) is 25.2 Å². The summed E-state index contributed by atoms with van der Waals surface area (Å²) in [5, 5.41) is 11.4. The molecule has 0 bridgehead atoms. The van der Waals surface area contributed by atoms with E-state index in [4.69, 9.17) is 0 Å². The van der Waals surface area contributed by atoms with Gasteiger partial charge in [-0.1, -0.05) is 0 Å². The highest BCUT2D eigenvalue weighted by Crippen LogP contribution is 2.18. The third-order valence-electron chi connectivity index (χ3n) is 3.22. The molecule has 3 heterocycles. The highest BCUT2D eigenvalue weighted by atomic mass is 32.2. The molecule has 0 aliphatic heterocycles. The molecule has 0 atom stereocenters. The number of sulfonamides is 1. The zero-order valence-corrected chi connectivity index (χ0v) is 14.0. The van der Waals surface area contributed by atoms with Crippen molar-refractivity contribution < 1.29 is 8.42 Å². The standard InChI is InChI=1S/C14H17N7O2S/c1-3-24(22,23)19-12-8-17-21(10-12)13-4-5-15-14(6-13)18-11-7-16-20(2)9-11/h4-10,19H,3H2,1-2H3,(H,15,18). The molecule has 0 spiro atoms. The van der Waals surface area contributed by atoms with Crippen LogP contribution in [0.1, 0.15) is 6.92 Å². The molecule has 0 fully saturated rings. The van der Waals surface area contributed by atoms with Crippen molar-refractivity contribution in [1.82, 2.24) is 24.5 Å². The lowest BCUT2D eigenvalue weighted by Crippen LogP contribution is -2.14. The highest BCUT2D eigenvalue weighted by Gasteiger charge is 2.09. The van der Waals surface area contributed by atoms with Gasteiger partial charge in [-0.3, -0.25) is 9.40 Å². The molecule has 10 heteroatoms. The largest absolute Gasteiger partial charge is 0.338 e. The third-order valence-corrected chi connectivity index (χ3v) is 4.53. The Hall–Kier alpha value is -2.88. The fraction of sp³-hybridized carbons (Fsp3) is 0.214. The van der Waals surface area contributed by atoms with E-state index in [-0.39, 0.29) is 5.75 Å². The summed E-state index contributed by atoms with van der Waals surface area (Å²) < 4.78 is 28.9. The van der Waals surface area contributed by atoms with Crippen LogP contribution in [-0.2, 0) is 17.1 Å². The molecular formula is C14H17N7O2S. The maximum atomic E-state index is 11.6. The molecular weight excluding hydrogens is 330 g/mol. The minimum absolute atomic E-state index is 0.00656. The third kappa shape index (κ3) is 3.71. The van der Waals surface area contributed by atoms with Gasteiger partial charge >= 0.3 is 0 Å². The number of hydrogen-bond donors (Lipinski definition) is 2. The van der Waals surface area contributed by atoms with Crippen LogP contribution in [0.15, 0.2) is 43.1 Å². The van der Waals surface area contributed by atoms with Crippen LogP contribution in [0.2, 0.25) is 0 Å². The number of hydrogen-bond acceptors (Lipinski definition) is 6. The number of rotatable bonds is 6. The molecule has 0 amide bonds. The zero-order valence-electron chi connectivity index (χ0n) is 13.2. The quantitative estimate of drug-likeness (QED) is 0.700. The number of anilines is 3. The van der Waals surface area contributed by atoms with E-state index < -0.39 is 10.0 Å². The Labute approximate surface area is 139 Å². The van der Waals surface area contributed by atoms with Crippen molar-refractivity contribution >= 4 is 27.2 Å². The van der Waals surface area contributed by atoms with E-state index >= 15 is 0 Å². The number of aryl methyl sites for hydroxylation is 1. The minimum Gasteiger partial charge on any atom is -0.338 e. The predicted octanol–water partition coefficient (Wildman–Crippen LogP) is 1.51. The van der Waals surface area contributed by atoms with Crippen molar-refractivity contribution in [3.05, 3.63) is 43.1 Å². The van der Waals surface area contributed by atoms with Gasteiger partial charge in [-0.05, 0) is 13.0 Å². The summed E-state index contributed by atoms with van der Waals surface area (Å²) >= 11 is 0. The van der Waals surface area contributed by atoms with E-state index in [1.165, 1.54) is 6.20 Å². The Bertz CT molecular complexity index is 945. The lowest BCUT2D eigenvalue weighted by atomic mass is 10.4. The molecule has 9 nitrogen and oxygen atoms in total. The summed E-state index contributed by atoms with van der Waals surface area (Å²) in [5.74, 6) is 0.638. The molecule has 0 unspecified atom stereocenters.